The highest BCUT2D eigenvalue weighted by atomic mass is 15.1. The van der Waals surface area contributed by atoms with Crippen molar-refractivity contribution in [3.8, 4) is 0 Å². The molecule has 2 N–H and O–H groups in total. The minimum absolute atomic E-state index is 0.357. The maximum Gasteiger partial charge on any atom is 0.0429 e. The molecule has 0 spiro atoms. The first-order valence-corrected chi connectivity index (χ1v) is 4.93. The lowest BCUT2D eigenvalue weighted by Gasteiger charge is -2.27. The van der Waals surface area contributed by atoms with Crippen LogP contribution in [0.4, 0.5) is 5.69 Å². The molecule has 0 amide bonds. The number of aromatic nitrogens is 1. The molecule has 1 heterocycles. The van der Waals surface area contributed by atoms with Crippen LogP contribution in [0.15, 0.2) is 12.3 Å². The van der Waals surface area contributed by atoms with Gasteiger partial charge in [0, 0.05) is 37.2 Å². The minimum atomic E-state index is 0.357. The van der Waals surface area contributed by atoms with E-state index >= 15 is 0 Å². The summed E-state index contributed by atoms with van der Waals surface area (Å²) in [4.78, 5) is 6.45. The number of pyridine rings is 1. The molecular weight excluding hydrogens is 174 g/mol. The van der Waals surface area contributed by atoms with E-state index in [0.717, 1.165) is 5.69 Å². The van der Waals surface area contributed by atoms with Crippen LogP contribution in [0.3, 0.4) is 0 Å². The van der Waals surface area contributed by atoms with Crippen molar-refractivity contribution in [1.82, 2.24) is 4.98 Å². The van der Waals surface area contributed by atoms with Gasteiger partial charge < -0.3 is 10.6 Å². The van der Waals surface area contributed by atoms with Crippen LogP contribution in [0, 0.1) is 13.8 Å². The zero-order chi connectivity index (χ0) is 10.7. The molecule has 3 nitrogen and oxygen atoms in total. The minimum Gasteiger partial charge on any atom is -0.370 e. The predicted octanol–water partition coefficient (Wildman–Crippen LogP) is 1.48. The first-order chi connectivity index (χ1) is 6.57. The van der Waals surface area contributed by atoms with Crippen molar-refractivity contribution in [1.29, 1.82) is 0 Å². The van der Waals surface area contributed by atoms with Gasteiger partial charge in [-0.25, -0.2) is 0 Å². The topological polar surface area (TPSA) is 42.2 Å². The molecule has 3 heteroatoms. The largest absolute Gasteiger partial charge is 0.370 e. The quantitative estimate of drug-likeness (QED) is 0.790. The summed E-state index contributed by atoms with van der Waals surface area (Å²) >= 11 is 0. The summed E-state index contributed by atoms with van der Waals surface area (Å²) in [5.41, 5.74) is 9.17. The second-order valence-electron chi connectivity index (χ2n) is 3.74. The fourth-order valence-electron chi connectivity index (χ4n) is 1.40. The van der Waals surface area contributed by atoms with Crippen molar-refractivity contribution in [3.05, 3.63) is 23.5 Å². The molecule has 0 saturated carbocycles. The highest BCUT2D eigenvalue weighted by molar-refractivity contribution is 5.54. The van der Waals surface area contributed by atoms with E-state index in [-0.39, 0.29) is 0 Å². The van der Waals surface area contributed by atoms with E-state index in [1.807, 2.05) is 19.2 Å². The summed E-state index contributed by atoms with van der Waals surface area (Å²) in [6, 6.07) is 2.39. The molecule has 1 aromatic heterocycles. The number of hydrogen-bond acceptors (Lipinski definition) is 3. The molecule has 0 bridgehead atoms. The van der Waals surface area contributed by atoms with Crippen molar-refractivity contribution in [2.45, 2.75) is 26.8 Å². The highest BCUT2D eigenvalue weighted by Crippen LogP contribution is 2.21. The van der Waals surface area contributed by atoms with Gasteiger partial charge in [-0.2, -0.15) is 0 Å². The normalized spacial score (nSPS) is 12.6. The third-order valence-electron chi connectivity index (χ3n) is 2.81. The lowest BCUT2D eigenvalue weighted by molar-refractivity contribution is 0.693. The summed E-state index contributed by atoms with van der Waals surface area (Å²) in [5, 5.41) is 0. The van der Waals surface area contributed by atoms with Crippen LogP contribution in [-0.4, -0.2) is 24.6 Å². The first kappa shape index (κ1) is 11.0. The zero-order valence-corrected chi connectivity index (χ0v) is 9.41. The second kappa shape index (κ2) is 4.42. The van der Waals surface area contributed by atoms with Gasteiger partial charge in [0.1, 0.15) is 0 Å². The van der Waals surface area contributed by atoms with Crippen LogP contribution in [0.2, 0.25) is 0 Å². The molecule has 1 rings (SSSR count). The summed E-state index contributed by atoms with van der Waals surface area (Å²) in [6.45, 7) is 6.91. The molecule has 0 aliphatic rings. The van der Waals surface area contributed by atoms with E-state index in [1.54, 1.807) is 0 Å². The van der Waals surface area contributed by atoms with E-state index in [9.17, 15) is 0 Å². The van der Waals surface area contributed by atoms with Gasteiger partial charge in [0.2, 0.25) is 0 Å². The summed E-state index contributed by atoms with van der Waals surface area (Å²) in [6.07, 6.45) is 1.84. The molecular formula is C11H19N3. The van der Waals surface area contributed by atoms with E-state index in [2.05, 4.69) is 30.8 Å². The molecule has 1 atom stereocenters. The van der Waals surface area contributed by atoms with E-state index in [0.29, 0.717) is 12.6 Å². The summed E-state index contributed by atoms with van der Waals surface area (Å²) < 4.78 is 0. The lowest BCUT2D eigenvalue weighted by atomic mass is 10.1. The van der Waals surface area contributed by atoms with Crippen LogP contribution in [0.5, 0.6) is 0 Å². The number of aryl methyl sites for hydroxylation is 1. The lowest BCUT2D eigenvalue weighted by Crippen LogP contribution is -2.35. The van der Waals surface area contributed by atoms with Crippen LogP contribution < -0.4 is 10.6 Å². The van der Waals surface area contributed by atoms with Gasteiger partial charge in [-0.1, -0.05) is 0 Å². The SMILES string of the molecule is Cc1nccc(N(C)C(C)CN)c1C. The van der Waals surface area contributed by atoms with Crippen LogP contribution in [0.25, 0.3) is 0 Å². The van der Waals surface area contributed by atoms with Gasteiger partial charge >= 0.3 is 0 Å². The maximum absolute atomic E-state index is 5.64. The number of anilines is 1. The Hall–Kier alpha value is -1.09. The van der Waals surface area contributed by atoms with E-state index in [1.165, 1.54) is 11.3 Å². The number of rotatable bonds is 3. The van der Waals surface area contributed by atoms with Crippen LogP contribution in [-0.2, 0) is 0 Å². The molecule has 0 aliphatic carbocycles. The Morgan fingerprint density at radius 2 is 2.14 bits per heavy atom. The molecule has 1 aromatic rings. The third kappa shape index (κ3) is 2.04. The molecule has 0 aromatic carbocycles. The number of nitrogens with two attached hydrogens (primary N) is 1. The Morgan fingerprint density at radius 3 is 2.71 bits per heavy atom. The number of hydrogen-bond donors (Lipinski definition) is 1. The molecule has 0 radical (unpaired) electrons. The Bertz CT molecular complexity index is 309. The number of likely N-dealkylation sites (N-methyl/N-ethyl adjacent to an activating group) is 1. The average Bonchev–Trinajstić information content (AvgIpc) is 2.20. The molecule has 0 fully saturated rings. The Balaban J connectivity index is 3.01. The standard InChI is InChI=1S/C11H19N3/c1-8(7-12)14(4)11-5-6-13-10(3)9(11)2/h5-6,8H,7,12H2,1-4H3. The molecule has 0 saturated heterocycles. The van der Waals surface area contributed by atoms with Gasteiger partial charge in [-0.05, 0) is 32.4 Å². The first-order valence-electron chi connectivity index (χ1n) is 4.93. The van der Waals surface area contributed by atoms with Gasteiger partial charge in [-0.15, -0.1) is 0 Å². The Kier molecular flexibility index (Phi) is 3.47. The highest BCUT2D eigenvalue weighted by Gasteiger charge is 2.11. The number of nitrogens with zero attached hydrogens (tertiary/aromatic N) is 2. The van der Waals surface area contributed by atoms with Crippen LogP contribution in [0.1, 0.15) is 18.2 Å². The van der Waals surface area contributed by atoms with Crippen molar-refractivity contribution < 1.29 is 0 Å². The average molecular weight is 193 g/mol. The fourth-order valence-corrected chi connectivity index (χ4v) is 1.40. The summed E-state index contributed by atoms with van der Waals surface area (Å²) in [7, 11) is 2.07. The molecule has 0 aliphatic heterocycles. The third-order valence-corrected chi connectivity index (χ3v) is 2.81. The monoisotopic (exact) mass is 193 g/mol. The van der Waals surface area contributed by atoms with Crippen molar-refractivity contribution in [3.63, 3.8) is 0 Å². The van der Waals surface area contributed by atoms with Gasteiger partial charge in [0.25, 0.3) is 0 Å². The predicted molar refractivity (Wildman–Crippen MR) is 60.6 cm³/mol. The van der Waals surface area contributed by atoms with Crippen molar-refractivity contribution in [2.24, 2.45) is 5.73 Å². The Labute approximate surface area is 85.9 Å². The smallest absolute Gasteiger partial charge is 0.0429 e. The zero-order valence-electron chi connectivity index (χ0n) is 9.41. The van der Waals surface area contributed by atoms with Crippen LogP contribution >= 0.6 is 0 Å². The summed E-state index contributed by atoms with van der Waals surface area (Å²) in [5.74, 6) is 0. The Morgan fingerprint density at radius 1 is 1.50 bits per heavy atom. The fraction of sp³-hybridized carbons (Fsp3) is 0.545. The second-order valence-corrected chi connectivity index (χ2v) is 3.74. The van der Waals surface area contributed by atoms with Gasteiger partial charge in [0.15, 0.2) is 0 Å². The van der Waals surface area contributed by atoms with Crippen molar-refractivity contribution in [2.75, 3.05) is 18.5 Å². The van der Waals surface area contributed by atoms with E-state index < -0.39 is 0 Å². The molecule has 1 unspecified atom stereocenters. The van der Waals surface area contributed by atoms with Gasteiger partial charge in [0.05, 0.1) is 0 Å². The maximum atomic E-state index is 5.64. The van der Waals surface area contributed by atoms with Gasteiger partial charge in [-0.3, -0.25) is 4.98 Å². The molecule has 14 heavy (non-hydrogen) atoms. The molecule has 78 valence electrons. The van der Waals surface area contributed by atoms with E-state index in [4.69, 9.17) is 5.73 Å². The van der Waals surface area contributed by atoms with Crippen molar-refractivity contribution >= 4 is 5.69 Å².